The first kappa shape index (κ1) is 24.0. The lowest BCUT2D eigenvalue weighted by atomic mass is 10.2. The summed E-state index contributed by atoms with van der Waals surface area (Å²) in [5, 5.41) is 7.83. The minimum Gasteiger partial charge on any atom is -0.378 e. The van der Waals surface area contributed by atoms with Crippen molar-refractivity contribution < 1.29 is 27.6 Å². The van der Waals surface area contributed by atoms with E-state index in [0.29, 0.717) is 5.69 Å². The molecule has 9 nitrogen and oxygen atoms in total. The predicted octanol–water partition coefficient (Wildman–Crippen LogP) is 2.70. The summed E-state index contributed by atoms with van der Waals surface area (Å²) >= 11 is 0. The van der Waals surface area contributed by atoms with Gasteiger partial charge in [0.2, 0.25) is 0 Å². The maximum Gasteiger partial charge on any atom is 0.369 e. The van der Waals surface area contributed by atoms with Crippen LogP contribution >= 0.6 is 7.68 Å². The largest absolute Gasteiger partial charge is 0.378 e. The number of Topliss-reactive ketones (excluding diaryl/α,β-unsaturated/α-hetero) is 1. The van der Waals surface area contributed by atoms with Crippen LogP contribution < -0.4 is 0 Å². The van der Waals surface area contributed by atoms with E-state index in [1.54, 1.807) is 19.3 Å². The molecule has 0 radical (unpaired) electrons. The van der Waals surface area contributed by atoms with Crippen molar-refractivity contribution in [2.45, 2.75) is 20.1 Å². The van der Waals surface area contributed by atoms with Gasteiger partial charge in [-0.05, 0) is 12.5 Å². The molecule has 30 heavy (non-hydrogen) atoms. The quantitative estimate of drug-likeness (QED) is 0.238. The molecule has 0 saturated heterocycles. The first-order valence-corrected chi connectivity index (χ1v) is 11.2. The Morgan fingerprint density at radius 3 is 2.77 bits per heavy atom. The van der Waals surface area contributed by atoms with E-state index in [2.05, 4.69) is 19.8 Å². The van der Waals surface area contributed by atoms with E-state index >= 15 is 0 Å². The number of ether oxygens (including phenoxy) is 2. The maximum absolute atomic E-state index is 13.3. The van der Waals surface area contributed by atoms with Gasteiger partial charge in [0, 0.05) is 6.21 Å². The van der Waals surface area contributed by atoms with Gasteiger partial charge < -0.3 is 14.0 Å². The summed E-state index contributed by atoms with van der Waals surface area (Å²) in [6.07, 6.45) is 3.00. The summed E-state index contributed by atoms with van der Waals surface area (Å²) < 4.78 is 41.0. The Balaban J connectivity index is 1.58. The van der Waals surface area contributed by atoms with Gasteiger partial charge in [-0.1, -0.05) is 35.5 Å². The Morgan fingerprint density at radius 1 is 1.23 bits per heavy atom. The van der Waals surface area contributed by atoms with Crippen molar-refractivity contribution in [3.05, 3.63) is 47.8 Å². The molecule has 1 aromatic carbocycles. The van der Waals surface area contributed by atoms with Crippen molar-refractivity contribution in [2.75, 3.05) is 39.1 Å². The van der Waals surface area contributed by atoms with E-state index in [9.17, 15) is 13.6 Å². The zero-order valence-electron chi connectivity index (χ0n) is 16.9. The number of hydrogen-bond acceptors (Lipinski definition) is 8. The number of ketones is 1. The Labute approximate surface area is 174 Å². The topological polar surface area (TPSA) is 105 Å². The number of carbonyl (C=O) groups excluding carboxylic acids is 1. The normalized spacial score (nSPS) is 13.5. The molecule has 1 unspecified atom stereocenters. The highest BCUT2D eigenvalue weighted by molar-refractivity contribution is 7.53. The van der Waals surface area contributed by atoms with Crippen molar-refractivity contribution in [2.24, 2.45) is 4.99 Å². The van der Waals surface area contributed by atoms with Gasteiger partial charge in [0.1, 0.15) is 12.2 Å². The lowest BCUT2D eigenvalue weighted by molar-refractivity contribution is -0.118. The summed E-state index contributed by atoms with van der Waals surface area (Å²) in [4.78, 5) is 16.1. The minimum atomic E-state index is -4.05. The summed E-state index contributed by atoms with van der Waals surface area (Å²) in [7, 11) is -4.05. The van der Waals surface area contributed by atoms with Crippen LogP contribution in [0.2, 0.25) is 0 Å². The number of hydrogen-bond donors (Lipinski definition) is 0. The molecule has 0 aliphatic heterocycles. The first-order chi connectivity index (χ1) is 14.5. The first-order valence-electron chi connectivity index (χ1n) is 9.53. The van der Waals surface area contributed by atoms with Gasteiger partial charge in [0.15, 0.2) is 5.78 Å². The van der Waals surface area contributed by atoms with Crippen LogP contribution in [-0.2, 0) is 36.5 Å². The molecule has 11 heteroatoms. The molecule has 0 saturated carbocycles. The summed E-state index contributed by atoms with van der Waals surface area (Å²) in [5.74, 6) is -0.0924. The number of benzene rings is 1. The Bertz CT molecular complexity index is 846. The van der Waals surface area contributed by atoms with E-state index in [1.807, 2.05) is 30.3 Å². The van der Waals surface area contributed by atoms with E-state index < -0.39 is 7.68 Å². The Kier molecular flexibility index (Phi) is 10.5. The summed E-state index contributed by atoms with van der Waals surface area (Å²) in [6, 6.07) is 9.53. The fraction of sp³-hybridized carbons (Fsp3) is 0.474. The second-order valence-corrected chi connectivity index (χ2v) is 8.11. The molecular formula is C19H26FN4O5P. The minimum absolute atomic E-state index is 0.0117. The average molecular weight is 440 g/mol. The number of carbonyl (C=O) groups is 1. The average Bonchev–Trinajstić information content (AvgIpc) is 3.15. The fourth-order valence-electron chi connectivity index (χ4n) is 2.33. The zero-order chi connectivity index (χ0) is 21.7. The highest BCUT2D eigenvalue weighted by atomic mass is 31.2. The van der Waals surface area contributed by atoms with Gasteiger partial charge in [-0.15, -0.1) is 5.10 Å². The number of halogens is 1. The lowest BCUT2D eigenvalue weighted by Crippen LogP contribution is -2.13. The number of aliphatic imine (C=N–C) groups is 1. The van der Waals surface area contributed by atoms with Crippen LogP contribution in [0.15, 0.2) is 41.5 Å². The molecule has 0 aliphatic rings. The van der Waals surface area contributed by atoms with Gasteiger partial charge in [-0.25, -0.2) is 4.68 Å². The highest BCUT2D eigenvalue weighted by Crippen LogP contribution is 2.47. The van der Waals surface area contributed by atoms with Crippen LogP contribution in [0.1, 0.15) is 18.2 Å². The second kappa shape index (κ2) is 13.1. The van der Waals surface area contributed by atoms with Crippen molar-refractivity contribution >= 4 is 19.7 Å². The van der Waals surface area contributed by atoms with Crippen LogP contribution in [-0.4, -0.2) is 66.1 Å². The van der Waals surface area contributed by atoms with Crippen LogP contribution in [0.25, 0.3) is 0 Å². The van der Waals surface area contributed by atoms with Gasteiger partial charge in [0.25, 0.3) is 0 Å². The second-order valence-electron chi connectivity index (χ2n) is 6.22. The SMILES string of the molecule is CCOP(=O)(F)CCOCCOCc1cn(CC(=O)CN=Cc2ccccc2)nn1. The monoisotopic (exact) mass is 440 g/mol. The maximum atomic E-state index is 13.3. The molecule has 2 aromatic rings. The van der Waals surface area contributed by atoms with E-state index in [1.165, 1.54) is 4.68 Å². The summed E-state index contributed by atoms with van der Waals surface area (Å²) in [5.41, 5.74) is 1.50. The van der Waals surface area contributed by atoms with Crippen LogP contribution in [0.3, 0.4) is 0 Å². The van der Waals surface area contributed by atoms with Crippen molar-refractivity contribution in [3.63, 3.8) is 0 Å². The molecule has 0 bridgehead atoms. The van der Waals surface area contributed by atoms with Crippen LogP contribution in [0.5, 0.6) is 0 Å². The smallest absolute Gasteiger partial charge is 0.369 e. The van der Waals surface area contributed by atoms with Gasteiger partial charge in [-0.2, -0.15) is 4.20 Å². The van der Waals surface area contributed by atoms with Gasteiger partial charge >= 0.3 is 7.68 Å². The number of aromatic nitrogens is 3. The predicted molar refractivity (Wildman–Crippen MR) is 110 cm³/mol. The fourth-order valence-corrected chi connectivity index (χ4v) is 3.19. The van der Waals surface area contributed by atoms with E-state index in [4.69, 9.17) is 9.47 Å². The molecule has 0 amide bonds. The number of nitrogens with zero attached hydrogens (tertiary/aromatic N) is 4. The molecule has 0 spiro atoms. The lowest BCUT2D eigenvalue weighted by Gasteiger charge is -2.08. The third-order valence-electron chi connectivity index (χ3n) is 3.68. The molecule has 1 atom stereocenters. The molecule has 1 aromatic heterocycles. The summed E-state index contributed by atoms with van der Waals surface area (Å²) in [6.45, 7) is 2.44. The van der Waals surface area contributed by atoms with Gasteiger partial charge in [-0.3, -0.25) is 14.4 Å². The van der Waals surface area contributed by atoms with E-state index in [0.717, 1.165) is 5.56 Å². The molecule has 0 aliphatic carbocycles. The molecule has 0 N–H and O–H groups in total. The molecule has 164 valence electrons. The third-order valence-corrected chi connectivity index (χ3v) is 5.04. The standard InChI is InChI=1S/C19H26FN4O5P/c1-2-29-30(20,26)11-10-27-8-9-28-16-18-14-24(23-22-18)15-19(25)13-21-12-17-6-4-3-5-7-17/h3-7,12,14H,2,8-11,13,15-16H2,1H3. The number of rotatable bonds is 15. The third kappa shape index (κ3) is 9.98. The Morgan fingerprint density at radius 2 is 2.00 bits per heavy atom. The zero-order valence-corrected chi connectivity index (χ0v) is 17.7. The van der Waals surface area contributed by atoms with Crippen molar-refractivity contribution in [1.82, 2.24) is 15.0 Å². The molecular weight excluding hydrogens is 414 g/mol. The molecule has 0 fully saturated rings. The van der Waals surface area contributed by atoms with Crippen LogP contribution in [0, 0.1) is 0 Å². The van der Waals surface area contributed by atoms with Crippen molar-refractivity contribution in [1.29, 1.82) is 0 Å². The van der Waals surface area contributed by atoms with Crippen molar-refractivity contribution in [3.8, 4) is 0 Å². The van der Waals surface area contributed by atoms with Crippen LogP contribution in [0.4, 0.5) is 4.20 Å². The Hall–Kier alpha value is -2.26. The highest BCUT2D eigenvalue weighted by Gasteiger charge is 2.20. The molecule has 1 heterocycles. The molecule has 2 rings (SSSR count). The van der Waals surface area contributed by atoms with Gasteiger partial charge in [0.05, 0.1) is 51.9 Å². The van der Waals surface area contributed by atoms with E-state index in [-0.39, 0.29) is 58.1 Å².